The summed E-state index contributed by atoms with van der Waals surface area (Å²) >= 11 is 0. The second kappa shape index (κ2) is 4.86. The van der Waals surface area contributed by atoms with Gasteiger partial charge in [-0.1, -0.05) is 0 Å². The fraction of sp³-hybridized carbons (Fsp3) is 0.143. The predicted octanol–water partition coefficient (Wildman–Crippen LogP) is 1.46. The van der Waals surface area contributed by atoms with Crippen LogP contribution in [0.2, 0.25) is 0 Å². The maximum atomic E-state index is 10.8. The third-order valence-electron chi connectivity index (χ3n) is 3.34. The molecule has 1 aromatic heterocycles. The third-order valence-corrected chi connectivity index (χ3v) is 3.34. The number of non-ortho nitro benzene ring substituents is 1. The van der Waals surface area contributed by atoms with E-state index in [1.807, 2.05) is 0 Å². The van der Waals surface area contributed by atoms with Crippen LogP contribution in [0.3, 0.4) is 0 Å². The van der Waals surface area contributed by atoms with Crippen LogP contribution in [-0.2, 0) is 0 Å². The van der Waals surface area contributed by atoms with Gasteiger partial charge in [0.1, 0.15) is 11.2 Å². The molecule has 21 heavy (non-hydrogen) atoms. The topological polar surface area (TPSA) is 99.4 Å². The molecule has 0 spiro atoms. The zero-order chi connectivity index (χ0) is 15.0. The molecule has 2 aromatic rings. The van der Waals surface area contributed by atoms with Crippen LogP contribution in [0.4, 0.5) is 5.69 Å². The molecular formula is C14H10N2O5. The number of nitro groups is 2. The minimum atomic E-state index is -0.736. The Morgan fingerprint density at radius 1 is 1.14 bits per heavy atom. The molecule has 1 aliphatic carbocycles. The number of hydrogen-bond acceptors (Lipinski definition) is 5. The molecule has 1 aliphatic rings. The maximum absolute atomic E-state index is 10.8. The summed E-state index contributed by atoms with van der Waals surface area (Å²) in [6, 6.07) is 6.94. The largest absolute Gasteiger partial charge is 0.456 e. The molecule has 3 rings (SSSR count). The van der Waals surface area contributed by atoms with Gasteiger partial charge >= 0.3 is 0 Å². The maximum Gasteiger partial charge on any atom is 0.269 e. The molecule has 1 heterocycles. The van der Waals surface area contributed by atoms with E-state index in [1.165, 1.54) is 12.1 Å². The van der Waals surface area contributed by atoms with Gasteiger partial charge < -0.3 is 4.42 Å². The standard InChI is InChI=1S/C14H10N2O5/c17-15(18)11-3-1-9(2-4-11)14-8-10-7-12(16(19)20)5-6-13(10)21-14/h1-4,6-8,12H,5H2. The monoisotopic (exact) mass is 286 g/mol. The van der Waals surface area contributed by atoms with Crippen LogP contribution in [0.1, 0.15) is 6.42 Å². The summed E-state index contributed by atoms with van der Waals surface area (Å²) in [5, 5.41) is 22.1. The zero-order valence-electron chi connectivity index (χ0n) is 10.8. The first-order chi connectivity index (χ1) is 10.0. The predicted molar refractivity (Wildman–Crippen MR) is 74.4 cm³/mol. The molecule has 0 saturated heterocycles. The molecule has 0 radical (unpaired) electrons. The lowest BCUT2D eigenvalue weighted by Gasteiger charge is -2.02. The lowest BCUT2D eigenvalue weighted by atomic mass is 10.1. The van der Waals surface area contributed by atoms with Crippen molar-refractivity contribution in [3.05, 3.63) is 61.2 Å². The van der Waals surface area contributed by atoms with E-state index in [1.54, 1.807) is 30.4 Å². The summed E-state index contributed by atoms with van der Waals surface area (Å²) in [5.74, 6) is 0.534. The molecule has 7 heteroatoms. The lowest BCUT2D eigenvalue weighted by molar-refractivity contribution is -0.503. The third kappa shape index (κ3) is 2.40. The molecule has 1 atom stereocenters. The second-order valence-corrected chi connectivity index (χ2v) is 4.69. The Labute approximate surface area is 118 Å². The Bertz CT molecular complexity index is 835. The van der Waals surface area contributed by atoms with Gasteiger partial charge in [0.25, 0.3) is 5.69 Å². The van der Waals surface area contributed by atoms with E-state index >= 15 is 0 Å². The van der Waals surface area contributed by atoms with Crippen LogP contribution in [0.5, 0.6) is 0 Å². The normalized spacial score (nSPS) is 16.5. The number of nitrogens with zero attached hydrogens (tertiary/aromatic N) is 2. The van der Waals surface area contributed by atoms with Gasteiger partial charge in [0, 0.05) is 40.3 Å². The van der Waals surface area contributed by atoms with E-state index in [9.17, 15) is 20.2 Å². The van der Waals surface area contributed by atoms with Crippen molar-refractivity contribution in [2.24, 2.45) is 0 Å². The number of rotatable bonds is 3. The van der Waals surface area contributed by atoms with Crippen molar-refractivity contribution in [1.82, 2.24) is 0 Å². The van der Waals surface area contributed by atoms with E-state index in [0.717, 1.165) is 0 Å². The van der Waals surface area contributed by atoms with Crippen LogP contribution in [0.25, 0.3) is 23.5 Å². The van der Waals surface area contributed by atoms with Crippen molar-refractivity contribution in [2.75, 3.05) is 0 Å². The highest BCUT2D eigenvalue weighted by molar-refractivity contribution is 5.60. The van der Waals surface area contributed by atoms with E-state index in [4.69, 9.17) is 4.42 Å². The molecule has 0 fully saturated rings. The summed E-state index contributed by atoms with van der Waals surface area (Å²) < 4.78 is 5.64. The molecule has 0 saturated carbocycles. The fourth-order valence-electron chi connectivity index (χ4n) is 2.25. The Hall–Kier alpha value is -2.96. The highest BCUT2D eigenvalue weighted by atomic mass is 16.6. The number of hydrogen-bond donors (Lipinski definition) is 0. The first kappa shape index (κ1) is 13.0. The summed E-state index contributed by atoms with van der Waals surface area (Å²) in [6.07, 6.45) is 3.55. The van der Waals surface area contributed by atoms with Crippen molar-refractivity contribution in [3.8, 4) is 11.3 Å². The highest BCUT2D eigenvalue weighted by Crippen LogP contribution is 2.21. The van der Waals surface area contributed by atoms with Crippen molar-refractivity contribution < 1.29 is 14.3 Å². The van der Waals surface area contributed by atoms with Gasteiger partial charge in [-0.05, 0) is 24.3 Å². The number of furan rings is 1. The van der Waals surface area contributed by atoms with Gasteiger partial charge in [-0.3, -0.25) is 20.2 Å². The molecule has 1 aromatic carbocycles. The Morgan fingerprint density at radius 3 is 2.48 bits per heavy atom. The lowest BCUT2D eigenvalue weighted by Crippen LogP contribution is -2.30. The van der Waals surface area contributed by atoms with Gasteiger partial charge in [0.15, 0.2) is 0 Å². The van der Waals surface area contributed by atoms with E-state index in [0.29, 0.717) is 28.4 Å². The van der Waals surface area contributed by atoms with E-state index in [-0.39, 0.29) is 10.6 Å². The smallest absolute Gasteiger partial charge is 0.269 e. The summed E-state index contributed by atoms with van der Waals surface area (Å²) in [4.78, 5) is 20.6. The van der Waals surface area contributed by atoms with Crippen LogP contribution in [0.15, 0.2) is 34.7 Å². The molecule has 0 aliphatic heterocycles. The fourth-order valence-corrected chi connectivity index (χ4v) is 2.25. The van der Waals surface area contributed by atoms with Crippen LogP contribution in [-0.4, -0.2) is 15.9 Å². The van der Waals surface area contributed by atoms with Gasteiger partial charge in [0.2, 0.25) is 6.04 Å². The molecule has 1 unspecified atom stereocenters. The average molecular weight is 286 g/mol. The second-order valence-electron chi connectivity index (χ2n) is 4.69. The molecule has 7 nitrogen and oxygen atoms in total. The molecular weight excluding hydrogens is 276 g/mol. The summed E-state index contributed by atoms with van der Waals surface area (Å²) in [5.41, 5.74) is 1.29. The van der Waals surface area contributed by atoms with Gasteiger partial charge in [-0.2, -0.15) is 0 Å². The SMILES string of the molecule is O=[N+]([O-])c1ccc(-c2cc3c(o2)=CCC([N+](=O)[O-])C=3)cc1. The van der Waals surface area contributed by atoms with Gasteiger partial charge in [-0.25, -0.2) is 0 Å². The molecule has 0 amide bonds. The summed E-state index contributed by atoms with van der Waals surface area (Å²) in [7, 11) is 0. The zero-order valence-corrected chi connectivity index (χ0v) is 10.8. The Balaban J connectivity index is 2.01. The minimum Gasteiger partial charge on any atom is -0.456 e. The van der Waals surface area contributed by atoms with Crippen molar-refractivity contribution in [2.45, 2.75) is 12.5 Å². The minimum absolute atomic E-state index is 0.00149. The number of nitro benzene ring substituents is 1. The van der Waals surface area contributed by atoms with Crippen molar-refractivity contribution in [3.63, 3.8) is 0 Å². The number of benzene rings is 1. The molecule has 0 N–H and O–H groups in total. The van der Waals surface area contributed by atoms with E-state index in [2.05, 4.69) is 0 Å². The van der Waals surface area contributed by atoms with Crippen molar-refractivity contribution >= 4 is 17.8 Å². The molecule has 106 valence electrons. The first-order valence-electron chi connectivity index (χ1n) is 6.25. The van der Waals surface area contributed by atoms with Gasteiger partial charge in [-0.15, -0.1) is 0 Å². The van der Waals surface area contributed by atoms with Crippen molar-refractivity contribution in [1.29, 1.82) is 0 Å². The summed E-state index contributed by atoms with van der Waals surface area (Å²) in [6.45, 7) is 0. The highest BCUT2D eigenvalue weighted by Gasteiger charge is 2.19. The quantitative estimate of drug-likeness (QED) is 0.628. The molecule has 0 bridgehead atoms. The van der Waals surface area contributed by atoms with Gasteiger partial charge in [0.05, 0.1) is 4.92 Å². The van der Waals surface area contributed by atoms with Crippen LogP contribution < -0.4 is 10.6 Å². The Morgan fingerprint density at radius 2 is 1.86 bits per heavy atom. The van der Waals surface area contributed by atoms with Crippen LogP contribution in [0, 0.1) is 20.2 Å². The number of fused-ring (bicyclic) bond motifs is 1. The van der Waals surface area contributed by atoms with E-state index < -0.39 is 11.0 Å². The Kier molecular flexibility index (Phi) is 3.02. The van der Waals surface area contributed by atoms with Crippen LogP contribution >= 0.6 is 0 Å². The first-order valence-corrected chi connectivity index (χ1v) is 6.25. The average Bonchev–Trinajstić information content (AvgIpc) is 2.90.